The zero-order valence-electron chi connectivity index (χ0n) is 11.4. The van der Waals surface area contributed by atoms with Gasteiger partial charge in [-0.3, -0.25) is 0 Å². The molecule has 1 fully saturated rings. The molecule has 0 amide bonds. The van der Waals surface area contributed by atoms with Crippen molar-refractivity contribution in [1.29, 1.82) is 0 Å². The number of aryl methyl sites for hydroxylation is 1. The SMILES string of the molecule is Cc1cc(-c2cccc(CNC3CC3)c2)c(Cl)cc1F. The molecule has 0 aromatic heterocycles. The molecule has 1 aliphatic carbocycles. The van der Waals surface area contributed by atoms with Gasteiger partial charge in [-0.1, -0.05) is 29.8 Å². The van der Waals surface area contributed by atoms with Gasteiger partial charge in [-0.25, -0.2) is 4.39 Å². The fourth-order valence-electron chi connectivity index (χ4n) is 2.28. The van der Waals surface area contributed by atoms with Crippen LogP contribution >= 0.6 is 11.6 Å². The van der Waals surface area contributed by atoms with Crippen LogP contribution in [0.15, 0.2) is 36.4 Å². The van der Waals surface area contributed by atoms with Gasteiger partial charge in [0, 0.05) is 18.2 Å². The average Bonchev–Trinajstić information content (AvgIpc) is 3.25. The van der Waals surface area contributed by atoms with E-state index in [0.29, 0.717) is 16.6 Å². The summed E-state index contributed by atoms with van der Waals surface area (Å²) in [4.78, 5) is 0. The molecule has 0 radical (unpaired) electrons. The molecule has 1 saturated carbocycles. The van der Waals surface area contributed by atoms with Gasteiger partial charge >= 0.3 is 0 Å². The predicted octanol–water partition coefficient (Wildman–Crippen LogP) is 4.71. The Morgan fingerprint density at radius 2 is 2.05 bits per heavy atom. The first-order valence-corrected chi connectivity index (χ1v) is 7.29. The molecule has 0 saturated heterocycles. The van der Waals surface area contributed by atoms with E-state index in [1.54, 1.807) is 6.92 Å². The molecule has 0 heterocycles. The Bertz CT molecular complexity index is 635. The summed E-state index contributed by atoms with van der Waals surface area (Å²) in [6.07, 6.45) is 2.56. The van der Waals surface area contributed by atoms with E-state index in [-0.39, 0.29) is 5.82 Å². The van der Waals surface area contributed by atoms with Crippen molar-refractivity contribution >= 4 is 11.6 Å². The molecule has 3 rings (SSSR count). The third kappa shape index (κ3) is 3.02. The van der Waals surface area contributed by atoms with E-state index < -0.39 is 0 Å². The van der Waals surface area contributed by atoms with Gasteiger partial charge in [-0.2, -0.15) is 0 Å². The third-order valence-corrected chi connectivity index (χ3v) is 3.97. The van der Waals surface area contributed by atoms with E-state index in [4.69, 9.17) is 11.6 Å². The quantitative estimate of drug-likeness (QED) is 0.860. The van der Waals surface area contributed by atoms with Crippen molar-refractivity contribution in [2.24, 2.45) is 0 Å². The van der Waals surface area contributed by atoms with Crippen molar-refractivity contribution in [2.75, 3.05) is 0 Å². The Morgan fingerprint density at radius 3 is 2.80 bits per heavy atom. The Hall–Kier alpha value is -1.38. The van der Waals surface area contributed by atoms with E-state index in [0.717, 1.165) is 17.7 Å². The average molecular weight is 290 g/mol. The van der Waals surface area contributed by atoms with Crippen molar-refractivity contribution in [3.05, 3.63) is 58.4 Å². The summed E-state index contributed by atoms with van der Waals surface area (Å²) in [6, 6.07) is 12.1. The maximum Gasteiger partial charge on any atom is 0.127 e. The molecule has 104 valence electrons. The zero-order chi connectivity index (χ0) is 14.1. The minimum Gasteiger partial charge on any atom is -0.310 e. The van der Waals surface area contributed by atoms with Crippen LogP contribution in [-0.2, 0) is 6.54 Å². The Morgan fingerprint density at radius 1 is 1.25 bits per heavy atom. The van der Waals surface area contributed by atoms with E-state index in [9.17, 15) is 4.39 Å². The lowest BCUT2D eigenvalue weighted by atomic mass is 10.0. The van der Waals surface area contributed by atoms with Gasteiger partial charge in [0.25, 0.3) is 0 Å². The molecule has 2 aromatic rings. The van der Waals surface area contributed by atoms with Crippen molar-refractivity contribution in [3.63, 3.8) is 0 Å². The molecular formula is C17H17ClFN. The first-order valence-electron chi connectivity index (χ1n) is 6.92. The number of hydrogen-bond donors (Lipinski definition) is 1. The molecule has 2 aromatic carbocycles. The number of halogens is 2. The van der Waals surface area contributed by atoms with Crippen molar-refractivity contribution in [1.82, 2.24) is 5.32 Å². The lowest BCUT2D eigenvalue weighted by Gasteiger charge is -2.09. The maximum absolute atomic E-state index is 13.5. The van der Waals surface area contributed by atoms with Gasteiger partial charge in [0.15, 0.2) is 0 Å². The largest absolute Gasteiger partial charge is 0.310 e. The summed E-state index contributed by atoms with van der Waals surface area (Å²) in [6.45, 7) is 2.63. The fraction of sp³-hybridized carbons (Fsp3) is 0.294. The van der Waals surface area contributed by atoms with Crippen LogP contribution in [0.4, 0.5) is 4.39 Å². The minimum atomic E-state index is -0.259. The molecule has 0 bridgehead atoms. The topological polar surface area (TPSA) is 12.0 Å². The zero-order valence-corrected chi connectivity index (χ0v) is 12.2. The number of rotatable bonds is 4. The number of hydrogen-bond acceptors (Lipinski definition) is 1. The van der Waals surface area contributed by atoms with Crippen LogP contribution in [0.5, 0.6) is 0 Å². The van der Waals surface area contributed by atoms with Crippen molar-refractivity contribution < 1.29 is 4.39 Å². The summed E-state index contributed by atoms with van der Waals surface area (Å²) >= 11 is 6.17. The highest BCUT2D eigenvalue weighted by Gasteiger charge is 2.19. The highest BCUT2D eigenvalue weighted by atomic mass is 35.5. The lowest BCUT2D eigenvalue weighted by molar-refractivity contribution is 0.619. The molecule has 0 aliphatic heterocycles. The van der Waals surface area contributed by atoms with E-state index in [1.807, 2.05) is 18.2 Å². The lowest BCUT2D eigenvalue weighted by Crippen LogP contribution is -2.15. The first kappa shape index (κ1) is 13.6. The van der Waals surface area contributed by atoms with Crippen LogP contribution in [0, 0.1) is 12.7 Å². The van der Waals surface area contributed by atoms with Gasteiger partial charge in [0.05, 0.1) is 5.02 Å². The summed E-state index contributed by atoms with van der Waals surface area (Å²) in [5.41, 5.74) is 3.77. The third-order valence-electron chi connectivity index (χ3n) is 3.66. The van der Waals surface area contributed by atoms with Crippen LogP contribution in [0.3, 0.4) is 0 Å². The van der Waals surface area contributed by atoms with Crippen molar-refractivity contribution in [3.8, 4) is 11.1 Å². The van der Waals surface area contributed by atoms with Crippen LogP contribution in [0.2, 0.25) is 5.02 Å². The molecule has 1 N–H and O–H groups in total. The highest BCUT2D eigenvalue weighted by molar-refractivity contribution is 6.33. The molecule has 1 nitrogen and oxygen atoms in total. The summed E-state index contributed by atoms with van der Waals surface area (Å²) in [7, 11) is 0. The van der Waals surface area contributed by atoms with Crippen LogP contribution in [0.25, 0.3) is 11.1 Å². The maximum atomic E-state index is 13.5. The summed E-state index contributed by atoms with van der Waals surface area (Å²) < 4.78 is 13.5. The van der Waals surface area contributed by atoms with Gasteiger partial charge in [0.2, 0.25) is 0 Å². The first-order chi connectivity index (χ1) is 9.63. The minimum absolute atomic E-state index is 0.259. The predicted molar refractivity (Wildman–Crippen MR) is 81.4 cm³/mol. The summed E-state index contributed by atoms with van der Waals surface area (Å²) in [5.74, 6) is -0.259. The molecule has 0 atom stereocenters. The van der Waals surface area contributed by atoms with Crippen LogP contribution in [0.1, 0.15) is 24.0 Å². The Balaban J connectivity index is 1.89. The second kappa shape index (κ2) is 5.55. The Labute approximate surface area is 123 Å². The standard InChI is InChI=1S/C17H17ClFN/c1-11-7-15(16(18)9-17(11)19)13-4-2-3-12(8-13)10-20-14-5-6-14/h2-4,7-9,14,20H,5-6,10H2,1H3. The molecule has 0 unspecified atom stereocenters. The summed E-state index contributed by atoms with van der Waals surface area (Å²) in [5, 5.41) is 3.95. The fourth-order valence-corrected chi connectivity index (χ4v) is 2.54. The highest BCUT2D eigenvalue weighted by Crippen LogP contribution is 2.31. The monoisotopic (exact) mass is 289 g/mol. The van der Waals surface area contributed by atoms with E-state index in [2.05, 4.69) is 17.4 Å². The second-order valence-electron chi connectivity index (χ2n) is 5.44. The second-order valence-corrected chi connectivity index (χ2v) is 5.84. The smallest absolute Gasteiger partial charge is 0.127 e. The molecule has 0 spiro atoms. The number of benzene rings is 2. The van der Waals surface area contributed by atoms with Gasteiger partial charge in [-0.05, 0) is 54.7 Å². The van der Waals surface area contributed by atoms with Gasteiger partial charge in [-0.15, -0.1) is 0 Å². The molecular weight excluding hydrogens is 273 g/mol. The van der Waals surface area contributed by atoms with Crippen molar-refractivity contribution in [2.45, 2.75) is 32.4 Å². The molecule has 20 heavy (non-hydrogen) atoms. The molecule has 3 heteroatoms. The Kier molecular flexibility index (Phi) is 3.77. The van der Waals surface area contributed by atoms with Crippen LogP contribution < -0.4 is 5.32 Å². The number of nitrogens with one attached hydrogen (secondary N) is 1. The van der Waals surface area contributed by atoms with Gasteiger partial charge < -0.3 is 5.32 Å². The van der Waals surface area contributed by atoms with E-state index in [1.165, 1.54) is 24.5 Å². The van der Waals surface area contributed by atoms with E-state index >= 15 is 0 Å². The normalized spacial score (nSPS) is 14.6. The van der Waals surface area contributed by atoms with Crippen LogP contribution in [-0.4, -0.2) is 6.04 Å². The molecule has 1 aliphatic rings. The van der Waals surface area contributed by atoms with Gasteiger partial charge in [0.1, 0.15) is 5.82 Å².